The zero-order chi connectivity index (χ0) is 21.2. The number of hydrogen-bond acceptors (Lipinski definition) is 4. The molecule has 0 atom stereocenters. The number of rotatable bonds is 5. The molecule has 2 N–H and O–H groups in total. The highest BCUT2D eigenvalue weighted by atomic mass is 15.2. The Kier molecular flexibility index (Phi) is 5.12. The Morgan fingerprint density at radius 1 is 1.13 bits per heavy atom. The maximum atomic E-state index is 4.54. The van der Waals surface area contributed by atoms with E-state index >= 15 is 0 Å². The van der Waals surface area contributed by atoms with Gasteiger partial charge in [-0.3, -0.25) is 10.1 Å². The molecule has 0 aliphatic carbocycles. The van der Waals surface area contributed by atoms with Crippen molar-refractivity contribution in [2.75, 3.05) is 13.1 Å². The third-order valence-corrected chi connectivity index (χ3v) is 5.90. The van der Waals surface area contributed by atoms with Crippen LogP contribution in [0.3, 0.4) is 0 Å². The van der Waals surface area contributed by atoms with E-state index in [0.717, 1.165) is 46.8 Å². The number of H-pyrrole nitrogens is 2. The van der Waals surface area contributed by atoms with Crippen molar-refractivity contribution in [1.82, 2.24) is 30.0 Å². The zero-order valence-corrected chi connectivity index (χ0v) is 17.7. The van der Waals surface area contributed by atoms with Crippen LogP contribution in [0.15, 0.2) is 61.5 Å². The van der Waals surface area contributed by atoms with Crippen LogP contribution < -0.4 is 0 Å². The van der Waals surface area contributed by atoms with Crippen molar-refractivity contribution in [2.24, 2.45) is 0 Å². The predicted molar refractivity (Wildman–Crippen MR) is 125 cm³/mol. The molecule has 0 spiro atoms. The van der Waals surface area contributed by atoms with Crippen molar-refractivity contribution in [3.63, 3.8) is 0 Å². The van der Waals surface area contributed by atoms with Gasteiger partial charge in [0, 0.05) is 53.4 Å². The van der Waals surface area contributed by atoms with E-state index in [9.17, 15) is 0 Å². The van der Waals surface area contributed by atoms with E-state index in [4.69, 9.17) is 0 Å². The van der Waals surface area contributed by atoms with Gasteiger partial charge in [-0.05, 0) is 56.5 Å². The number of nitrogens with zero attached hydrogens (tertiary/aromatic N) is 4. The molecule has 4 aromatic heterocycles. The molecule has 31 heavy (non-hydrogen) atoms. The van der Waals surface area contributed by atoms with Crippen molar-refractivity contribution < 1.29 is 0 Å². The Bertz CT molecular complexity index is 1240. The first-order chi connectivity index (χ1) is 15.2. The van der Waals surface area contributed by atoms with Gasteiger partial charge in [0.1, 0.15) is 0 Å². The number of nitrogens with one attached hydrogen (secondary N) is 2. The van der Waals surface area contributed by atoms with Crippen LogP contribution in [0.1, 0.15) is 30.5 Å². The van der Waals surface area contributed by atoms with Gasteiger partial charge >= 0.3 is 0 Å². The molecule has 4 aromatic rings. The van der Waals surface area contributed by atoms with Crippen LogP contribution in [0.2, 0.25) is 0 Å². The average molecular weight is 411 g/mol. The van der Waals surface area contributed by atoms with Crippen molar-refractivity contribution in [1.29, 1.82) is 0 Å². The molecule has 5 rings (SSSR count). The molecule has 156 valence electrons. The number of likely N-dealkylation sites (tertiary alicyclic amines) is 1. The first-order valence-corrected chi connectivity index (χ1v) is 10.8. The molecule has 0 radical (unpaired) electrons. The fourth-order valence-electron chi connectivity index (χ4n) is 4.35. The molecule has 5 heterocycles. The number of allylic oxidation sites excluding steroid dienone is 2. The summed E-state index contributed by atoms with van der Waals surface area (Å²) in [7, 11) is 0. The van der Waals surface area contributed by atoms with Crippen LogP contribution in [0, 0.1) is 6.92 Å². The third kappa shape index (κ3) is 3.65. The first kappa shape index (κ1) is 19.3. The highest BCUT2D eigenvalue weighted by molar-refractivity contribution is 5.93. The van der Waals surface area contributed by atoms with E-state index in [1.165, 1.54) is 30.5 Å². The number of piperidine rings is 1. The molecule has 1 saturated heterocycles. The number of pyridine rings is 2. The maximum Gasteiger partial charge on any atom is 0.181 e. The van der Waals surface area contributed by atoms with Crippen LogP contribution in [0.4, 0.5) is 0 Å². The van der Waals surface area contributed by atoms with Gasteiger partial charge in [0.25, 0.3) is 0 Å². The number of hydrogen-bond donors (Lipinski definition) is 2. The molecule has 6 heteroatoms. The molecule has 0 unspecified atom stereocenters. The van der Waals surface area contributed by atoms with Gasteiger partial charge in [0.05, 0.1) is 17.1 Å². The van der Waals surface area contributed by atoms with E-state index in [2.05, 4.69) is 61.8 Å². The summed E-state index contributed by atoms with van der Waals surface area (Å²) in [5.74, 6) is 0. The molecule has 0 aromatic carbocycles. The van der Waals surface area contributed by atoms with E-state index in [1.807, 2.05) is 30.5 Å². The van der Waals surface area contributed by atoms with E-state index in [-0.39, 0.29) is 0 Å². The molecule has 6 nitrogen and oxygen atoms in total. The van der Waals surface area contributed by atoms with Crippen LogP contribution in [0.5, 0.6) is 0 Å². The lowest BCUT2D eigenvalue weighted by Crippen LogP contribution is -2.28. The Morgan fingerprint density at radius 2 is 2.00 bits per heavy atom. The average Bonchev–Trinajstić information content (AvgIpc) is 3.41. The minimum absolute atomic E-state index is 0.696. The minimum atomic E-state index is 0.696. The Labute approximate surface area is 181 Å². The molecular formula is C25H26N6. The van der Waals surface area contributed by atoms with Crippen molar-refractivity contribution in [3.8, 4) is 22.6 Å². The smallest absolute Gasteiger partial charge is 0.181 e. The SMILES string of the molecule is C=C/C=C(\c1cc(-c2[nH]nc3ncc(-c4ccccn4)cc23)[nH]c1C)N1CCCCC1. The Morgan fingerprint density at radius 3 is 2.77 bits per heavy atom. The summed E-state index contributed by atoms with van der Waals surface area (Å²) in [6.45, 7) is 8.24. The topological polar surface area (TPSA) is 73.5 Å². The number of aryl methyl sites for hydroxylation is 1. The largest absolute Gasteiger partial charge is 0.371 e. The lowest BCUT2D eigenvalue weighted by atomic mass is 10.1. The Hall–Kier alpha value is -3.67. The summed E-state index contributed by atoms with van der Waals surface area (Å²) < 4.78 is 0. The fourth-order valence-corrected chi connectivity index (χ4v) is 4.35. The predicted octanol–water partition coefficient (Wildman–Crippen LogP) is 5.34. The molecule has 1 fully saturated rings. The summed E-state index contributed by atoms with van der Waals surface area (Å²) >= 11 is 0. The van der Waals surface area contributed by atoms with E-state index < -0.39 is 0 Å². The second-order valence-electron chi connectivity index (χ2n) is 7.97. The number of fused-ring (bicyclic) bond motifs is 1. The highest BCUT2D eigenvalue weighted by Gasteiger charge is 2.20. The van der Waals surface area contributed by atoms with Gasteiger partial charge in [-0.15, -0.1) is 0 Å². The lowest BCUT2D eigenvalue weighted by molar-refractivity contribution is 0.326. The first-order valence-electron chi connectivity index (χ1n) is 10.8. The van der Waals surface area contributed by atoms with Crippen LogP contribution in [-0.4, -0.2) is 43.1 Å². The fraction of sp³-hybridized carbons (Fsp3) is 0.240. The molecule has 1 aliphatic heterocycles. The van der Waals surface area contributed by atoms with Crippen molar-refractivity contribution in [2.45, 2.75) is 26.2 Å². The van der Waals surface area contributed by atoms with Crippen LogP contribution >= 0.6 is 0 Å². The van der Waals surface area contributed by atoms with Crippen molar-refractivity contribution >= 4 is 16.7 Å². The molecule has 0 bridgehead atoms. The van der Waals surface area contributed by atoms with Gasteiger partial charge in [-0.25, -0.2) is 4.98 Å². The summed E-state index contributed by atoms with van der Waals surface area (Å²) in [4.78, 5) is 15.0. The zero-order valence-electron chi connectivity index (χ0n) is 17.7. The molecule has 0 saturated carbocycles. The maximum absolute atomic E-state index is 4.54. The van der Waals surface area contributed by atoms with E-state index in [0.29, 0.717) is 5.65 Å². The normalized spacial score (nSPS) is 14.9. The molecule has 1 aliphatic rings. The quantitative estimate of drug-likeness (QED) is 0.436. The summed E-state index contributed by atoms with van der Waals surface area (Å²) in [6.07, 6.45) is 11.4. The summed E-state index contributed by atoms with van der Waals surface area (Å²) in [5.41, 5.74) is 8.06. The molecule has 0 amide bonds. The summed E-state index contributed by atoms with van der Waals surface area (Å²) in [5, 5.41) is 8.58. The number of aromatic nitrogens is 5. The van der Waals surface area contributed by atoms with Crippen LogP contribution in [0.25, 0.3) is 39.4 Å². The monoisotopic (exact) mass is 410 g/mol. The highest BCUT2D eigenvalue weighted by Crippen LogP contribution is 2.33. The van der Waals surface area contributed by atoms with Crippen molar-refractivity contribution in [3.05, 3.63) is 72.7 Å². The summed E-state index contributed by atoms with van der Waals surface area (Å²) in [6, 6.07) is 10.2. The Balaban J connectivity index is 1.56. The second kappa shape index (κ2) is 8.22. The van der Waals surface area contributed by atoms with E-state index in [1.54, 1.807) is 6.20 Å². The second-order valence-corrected chi connectivity index (χ2v) is 7.97. The van der Waals surface area contributed by atoms with Gasteiger partial charge in [-0.2, -0.15) is 5.10 Å². The minimum Gasteiger partial charge on any atom is -0.371 e. The van der Waals surface area contributed by atoms with Gasteiger partial charge in [-0.1, -0.05) is 18.7 Å². The van der Waals surface area contributed by atoms with Gasteiger partial charge < -0.3 is 9.88 Å². The third-order valence-electron chi connectivity index (χ3n) is 5.90. The molecular weight excluding hydrogens is 384 g/mol. The standard InChI is InChI=1S/C25H26N6/c1-3-9-23(31-12-7-4-8-13-31)19-15-22(28-17(19)2)24-20-14-18(16-27-25(20)30-29-24)21-10-5-6-11-26-21/h3,5-6,9-11,14-16,28H,1,4,7-8,12-13H2,2H3,(H,27,29,30)/b23-9+. The lowest BCUT2D eigenvalue weighted by Gasteiger charge is -2.31. The number of aromatic amines is 2. The van der Waals surface area contributed by atoms with Gasteiger partial charge in [0.15, 0.2) is 5.65 Å². The van der Waals surface area contributed by atoms with Crippen LogP contribution in [-0.2, 0) is 0 Å². The van der Waals surface area contributed by atoms with Gasteiger partial charge in [0.2, 0.25) is 0 Å².